The number of halogens is 2. The quantitative estimate of drug-likeness (QED) is 0.316. The summed E-state index contributed by atoms with van der Waals surface area (Å²) < 4.78 is 29.5. The Morgan fingerprint density at radius 1 is 0.929 bits per heavy atom. The van der Waals surface area contributed by atoms with Gasteiger partial charge >= 0.3 is 0 Å². The topological polar surface area (TPSA) is 9.23 Å². The third-order valence-electron chi connectivity index (χ3n) is 6.01. The van der Waals surface area contributed by atoms with Crippen molar-refractivity contribution >= 4 is 8.80 Å². The third-order valence-corrected chi connectivity index (χ3v) is 9.53. The molecule has 3 rings (SSSR count). The first kappa shape index (κ1) is 21.0. The zero-order valence-corrected chi connectivity index (χ0v) is 18.0. The number of alkyl halides is 2. The number of benzene rings is 2. The molecule has 1 fully saturated rings. The highest BCUT2D eigenvalue weighted by molar-refractivity contribution is 6.59. The van der Waals surface area contributed by atoms with E-state index in [1.54, 1.807) is 18.2 Å². The van der Waals surface area contributed by atoms with Gasteiger partial charge in [0.2, 0.25) is 0 Å². The Balaban J connectivity index is 1.52. The highest BCUT2D eigenvalue weighted by Crippen LogP contribution is 2.36. The van der Waals surface area contributed by atoms with Crippen LogP contribution in [0.4, 0.5) is 8.78 Å². The predicted molar refractivity (Wildman–Crippen MR) is 116 cm³/mol. The van der Waals surface area contributed by atoms with Crippen molar-refractivity contribution in [2.24, 2.45) is 0 Å². The van der Waals surface area contributed by atoms with Crippen molar-refractivity contribution in [3.05, 3.63) is 54.1 Å². The van der Waals surface area contributed by atoms with Gasteiger partial charge in [-0.2, -0.15) is 0 Å². The molecule has 2 aromatic rings. The van der Waals surface area contributed by atoms with E-state index in [1.165, 1.54) is 49.8 Å². The average molecular weight is 403 g/mol. The average Bonchev–Trinajstić information content (AvgIpc) is 2.73. The molecule has 2 aromatic carbocycles. The Labute approximate surface area is 169 Å². The van der Waals surface area contributed by atoms with Crippen LogP contribution in [-0.2, 0) is 0 Å². The molecule has 1 aliphatic heterocycles. The summed E-state index contributed by atoms with van der Waals surface area (Å²) in [5.41, 5.74) is 3.72. The van der Waals surface area contributed by atoms with Gasteiger partial charge in [0.1, 0.15) is 12.4 Å². The molecule has 0 spiro atoms. The standard InChI is InChI=1S/C24H32F2OSi/c1-2-3-4-15-28-16-13-22(14-17-28)20-7-5-19(6-8-20)21-9-11-23(12-10-21)27-18-24(25)26/h5-12,22,24,28H,2-4,13-18H2,1H3/t22-,28-. The second-order valence-electron chi connectivity index (χ2n) is 8.06. The molecule has 0 unspecified atom stereocenters. The van der Waals surface area contributed by atoms with Crippen molar-refractivity contribution in [2.45, 2.75) is 69.5 Å². The van der Waals surface area contributed by atoms with E-state index >= 15 is 0 Å². The Kier molecular flexibility index (Phi) is 8.08. The first-order chi connectivity index (χ1) is 13.7. The summed E-state index contributed by atoms with van der Waals surface area (Å²) in [6, 6.07) is 20.9. The fourth-order valence-corrected chi connectivity index (χ4v) is 7.80. The van der Waals surface area contributed by atoms with Crippen molar-refractivity contribution in [3.8, 4) is 16.9 Å². The maximum absolute atomic E-state index is 12.2. The van der Waals surface area contributed by atoms with Gasteiger partial charge in [-0.1, -0.05) is 80.7 Å². The molecule has 0 atom stereocenters. The van der Waals surface area contributed by atoms with Crippen LogP contribution < -0.4 is 4.74 Å². The van der Waals surface area contributed by atoms with Gasteiger partial charge in [-0.15, -0.1) is 0 Å². The second kappa shape index (κ2) is 10.8. The number of ether oxygens (including phenoxy) is 1. The Hall–Kier alpha value is -1.68. The normalized spacial score (nSPS) is 19.7. The number of hydrogen-bond donors (Lipinski definition) is 0. The smallest absolute Gasteiger partial charge is 0.272 e. The molecular weight excluding hydrogens is 370 g/mol. The van der Waals surface area contributed by atoms with Crippen LogP contribution >= 0.6 is 0 Å². The molecule has 0 aliphatic carbocycles. The monoisotopic (exact) mass is 402 g/mol. The van der Waals surface area contributed by atoms with Crippen LogP contribution in [0.15, 0.2) is 48.5 Å². The molecule has 0 saturated carbocycles. The van der Waals surface area contributed by atoms with Crippen LogP contribution in [0.1, 0.15) is 50.5 Å². The van der Waals surface area contributed by atoms with Gasteiger partial charge in [0, 0.05) is 8.80 Å². The van der Waals surface area contributed by atoms with Gasteiger partial charge in [0.05, 0.1) is 0 Å². The molecule has 28 heavy (non-hydrogen) atoms. The Bertz CT molecular complexity index is 692. The molecule has 152 valence electrons. The molecule has 0 N–H and O–H groups in total. The summed E-state index contributed by atoms with van der Waals surface area (Å²) >= 11 is 0. The van der Waals surface area contributed by atoms with E-state index in [4.69, 9.17) is 4.74 Å². The van der Waals surface area contributed by atoms with Gasteiger partial charge < -0.3 is 4.74 Å². The number of hydrogen-bond acceptors (Lipinski definition) is 1. The van der Waals surface area contributed by atoms with Crippen LogP contribution in [0.2, 0.25) is 18.1 Å². The molecule has 1 nitrogen and oxygen atoms in total. The maximum atomic E-state index is 12.2. The van der Waals surface area contributed by atoms with Crippen molar-refractivity contribution in [1.82, 2.24) is 0 Å². The van der Waals surface area contributed by atoms with Crippen molar-refractivity contribution in [3.63, 3.8) is 0 Å². The van der Waals surface area contributed by atoms with E-state index in [1.807, 2.05) is 12.1 Å². The summed E-state index contributed by atoms with van der Waals surface area (Å²) in [6.07, 6.45) is 4.51. The number of rotatable bonds is 9. The van der Waals surface area contributed by atoms with Crippen LogP contribution in [0, 0.1) is 0 Å². The molecule has 0 bridgehead atoms. The van der Waals surface area contributed by atoms with Crippen LogP contribution in [-0.4, -0.2) is 21.8 Å². The lowest BCUT2D eigenvalue weighted by molar-refractivity contribution is 0.0819. The van der Waals surface area contributed by atoms with E-state index in [-0.39, 0.29) is 0 Å². The Morgan fingerprint density at radius 3 is 2.11 bits per heavy atom. The SMILES string of the molecule is CCCCC[Si@H]1CC[C@H](c2ccc(-c3ccc(OCC(F)F)cc3)cc2)CC1. The highest BCUT2D eigenvalue weighted by Gasteiger charge is 2.22. The van der Waals surface area contributed by atoms with Gasteiger partial charge in [-0.05, 0) is 47.6 Å². The van der Waals surface area contributed by atoms with Crippen LogP contribution in [0.5, 0.6) is 5.75 Å². The zero-order valence-electron chi connectivity index (χ0n) is 16.9. The van der Waals surface area contributed by atoms with E-state index in [0.29, 0.717) is 5.75 Å². The highest BCUT2D eigenvalue weighted by atomic mass is 28.3. The van der Waals surface area contributed by atoms with Crippen molar-refractivity contribution in [2.75, 3.05) is 6.61 Å². The first-order valence-electron chi connectivity index (χ1n) is 10.8. The Morgan fingerprint density at radius 2 is 1.54 bits per heavy atom. The van der Waals surface area contributed by atoms with Gasteiger partial charge in [-0.3, -0.25) is 0 Å². The van der Waals surface area contributed by atoms with Gasteiger partial charge in [0.15, 0.2) is 0 Å². The fraction of sp³-hybridized carbons (Fsp3) is 0.500. The minimum absolute atomic E-state index is 0.455. The van der Waals surface area contributed by atoms with E-state index in [2.05, 4.69) is 31.2 Å². The largest absolute Gasteiger partial charge is 0.488 e. The molecule has 0 aromatic heterocycles. The summed E-state index contributed by atoms with van der Waals surface area (Å²) in [4.78, 5) is 0. The lowest BCUT2D eigenvalue weighted by Gasteiger charge is -2.28. The predicted octanol–water partition coefficient (Wildman–Crippen LogP) is 7.29. The van der Waals surface area contributed by atoms with E-state index < -0.39 is 21.8 Å². The van der Waals surface area contributed by atoms with Crippen molar-refractivity contribution < 1.29 is 13.5 Å². The van der Waals surface area contributed by atoms with E-state index in [0.717, 1.165) is 17.0 Å². The van der Waals surface area contributed by atoms with E-state index in [9.17, 15) is 8.78 Å². The fourth-order valence-electron chi connectivity index (χ4n) is 4.32. The van der Waals surface area contributed by atoms with Crippen LogP contribution in [0.25, 0.3) is 11.1 Å². The lowest BCUT2D eigenvalue weighted by atomic mass is 9.92. The summed E-state index contributed by atoms with van der Waals surface area (Å²) in [5, 5.41) is 0. The summed E-state index contributed by atoms with van der Waals surface area (Å²) in [5.74, 6) is 1.22. The third kappa shape index (κ3) is 6.16. The molecule has 4 heteroatoms. The second-order valence-corrected chi connectivity index (χ2v) is 11.5. The maximum Gasteiger partial charge on any atom is 0.272 e. The minimum atomic E-state index is -2.44. The van der Waals surface area contributed by atoms with Crippen LogP contribution in [0.3, 0.4) is 0 Å². The first-order valence-corrected chi connectivity index (χ1v) is 13.2. The molecular formula is C24H32F2OSi. The molecule has 0 amide bonds. The lowest BCUT2D eigenvalue weighted by Crippen LogP contribution is -2.20. The van der Waals surface area contributed by atoms with Gasteiger partial charge in [-0.25, -0.2) is 8.78 Å². The number of unbranched alkanes of at least 4 members (excludes halogenated alkanes) is 2. The van der Waals surface area contributed by atoms with Crippen molar-refractivity contribution in [1.29, 1.82) is 0 Å². The summed E-state index contributed by atoms with van der Waals surface area (Å²) in [7, 11) is -0.455. The molecule has 1 aliphatic rings. The van der Waals surface area contributed by atoms with Gasteiger partial charge in [0.25, 0.3) is 6.43 Å². The molecule has 0 radical (unpaired) electrons. The molecule has 1 saturated heterocycles. The summed E-state index contributed by atoms with van der Waals surface area (Å²) in [6.45, 7) is 1.73. The minimum Gasteiger partial charge on any atom is -0.488 e. The molecule has 1 heterocycles. The zero-order chi connectivity index (χ0) is 19.8.